The number of hydrogen-bond acceptors (Lipinski definition) is 17. The van der Waals surface area contributed by atoms with Crippen LogP contribution in [0.25, 0.3) is 0 Å². The average molecular weight is 816 g/mol. The number of Topliss-reactive ketones (excluding diaryl/α,β-unsaturated/α-hetero) is 1. The number of esters is 2. The van der Waals surface area contributed by atoms with Crippen molar-refractivity contribution in [2.45, 2.75) is 95.8 Å². The first-order chi connectivity index (χ1) is 27.5. The number of unbranched alkanes of at least 4 members (excludes halogenated alkanes) is 1. The highest BCUT2D eigenvalue weighted by atomic mass is 17.0. The molecule has 5 rings (SSSR count). The Morgan fingerprint density at radius 2 is 1.66 bits per heavy atom. The molecule has 58 heavy (non-hydrogen) atoms. The van der Waals surface area contributed by atoms with E-state index in [0.717, 1.165) is 5.57 Å². The number of nitrogens with two attached hydrogens (primary N) is 1. The van der Waals surface area contributed by atoms with Gasteiger partial charge in [-0.25, -0.2) is 4.79 Å². The van der Waals surface area contributed by atoms with Crippen LogP contribution in [0.3, 0.4) is 0 Å². The van der Waals surface area contributed by atoms with E-state index < -0.39 is 69.2 Å². The summed E-state index contributed by atoms with van der Waals surface area (Å²) in [4.78, 5) is 94.3. The number of carbonyl (C=O) groups excluding carboxylic acids is 5. The van der Waals surface area contributed by atoms with Gasteiger partial charge < -0.3 is 39.5 Å². The third-order valence-corrected chi connectivity index (χ3v) is 12.2. The van der Waals surface area contributed by atoms with Crippen molar-refractivity contribution in [3.05, 3.63) is 73.9 Å². The fraction of sp³-hybridized carbons (Fsp3) is 0.615. The highest BCUT2D eigenvalue weighted by Crippen LogP contribution is 2.67. The summed E-state index contributed by atoms with van der Waals surface area (Å²) >= 11 is 0. The standard InChI is InChI=1S/C39H49N3O16/c1-37-15-13-26(43)21-25(37)9-12-28-29-14-16-39(38(29,2)22-31(44)34(28)37,58-33(46)6-5-19-56-42(51)52)32(45)23-54-36(48)57-27-10-7-24(8-11-27)20-30(40)35(47)53-17-3-4-18-55-41(49)50/h7-11,13,15,28-31,34,44H,3-6,12,14,16-23,40H2,1-2H3/t28?,29?,30-,31-,34+,37-,38-,39-/m0/s1. The maximum Gasteiger partial charge on any atom is 0.514 e. The predicted molar refractivity (Wildman–Crippen MR) is 197 cm³/mol. The third kappa shape index (κ3) is 9.63. The fourth-order valence-electron chi connectivity index (χ4n) is 9.53. The molecule has 0 amide bonds. The van der Waals surface area contributed by atoms with Crippen LogP contribution in [0.1, 0.15) is 77.2 Å². The Labute approximate surface area is 333 Å². The van der Waals surface area contributed by atoms with E-state index in [-0.39, 0.29) is 87.6 Å². The summed E-state index contributed by atoms with van der Waals surface area (Å²) in [5.74, 6) is -2.74. The topological polar surface area (TPSA) is 273 Å². The molecule has 0 saturated heterocycles. The van der Waals surface area contributed by atoms with Crippen LogP contribution >= 0.6 is 0 Å². The van der Waals surface area contributed by atoms with Crippen LogP contribution in [0.5, 0.6) is 5.75 Å². The van der Waals surface area contributed by atoms with Crippen molar-refractivity contribution >= 4 is 29.7 Å². The van der Waals surface area contributed by atoms with Crippen molar-refractivity contribution in [1.82, 2.24) is 0 Å². The van der Waals surface area contributed by atoms with E-state index >= 15 is 0 Å². The Bertz CT molecular complexity index is 1820. The molecule has 19 heteroatoms. The average Bonchev–Trinajstić information content (AvgIpc) is 3.45. The molecule has 8 atom stereocenters. The van der Waals surface area contributed by atoms with Crippen molar-refractivity contribution in [2.75, 3.05) is 26.4 Å². The number of rotatable bonds is 19. The number of allylic oxidation sites excluding steroid dienone is 4. The number of fused-ring (bicyclic) bond motifs is 5. The lowest BCUT2D eigenvalue weighted by atomic mass is 9.47. The summed E-state index contributed by atoms with van der Waals surface area (Å²) in [7, 11) is 0. The van der Waals surface area contributed by atoms with Gasteiger partial charge in [0.2, 0.25) is 5.78 Å². The Kier molecular flexibility index (Phi) is 13.9. The summed E-state index contributed by atoms with van der Waals surface area (Å²) in [5.41, 5.74) is 4.03. The molecule has 4 aliphatic carbocycles. The van der Waals surface area contributed by atoms with Gasteiger partial charge in [0.1, 0.15) is 11.8 Å². The maximum absolute atomic E-state index is 14.3. The number of benzene rings is 1. The number of ketones is 2. The Morgan fingerprint density at radius 1 is 0.983 bits per heavy atom. The first-order valence-electron chi connectivity index (χ1n) is 19.2. The molecule has 0 aliphatic heterocycles. The predicted octanol–water partition coefficient (Wildman–Crippen LogP) is 3.72. The van der Waals surface area contributed by atoms with Crippen molar-refractivity contribution < 1.29 is 67.9 Å². The van der Waals surface area contributed by atoms with E-state index in [2.05, 4.69) is 9.68 Å². The zero-order valence-electron chi connectivity index (χ0n) is 32.4. The second kappa shape index (κ2) is 18.4. The first-order valence-corrected chi connectivity index (χ1v) is 19.2. The minimum Gasteiger partial charge on any atom is -0.465 e. The highest BCUT2D eigenvalue weighted by Gasteiger charge is 2.70. The Hall–Kier alpha value is -5.43. The number of aliphatic hydroxyl groups is 1. The van der Waals surface area contributed by atoms with Crippen LogP contribution in [0.4, 0.5) is 4.79 Å². The Balaban J connectivity index is 1.22. The van der Waals surface area contributed by atoms with Crippen LogP contribution in [0.15, 0.2) is 48.1 Å². The van der Waals surface area contributed by atoms with E-state index in [1.807, 2.05) is 19.1 Å². The number of nitrogens with zero attached hydrogens (tertiary/aromatic N) is 2. The van der Waals surface area contributed by atoms with Crippen LogP contribution in [0.2, 0.25) is 0 Å². The van der Waals surface area contributed by atoms with Gasteiger partial charge in [-0.1, -0.05) is 43.7 Å². The molecule has 2 unspecified atom stereocenters. The molecule has 0 aromatic heterocycles. The lowest BCUT2D eigenvalue weighted by Crippen LogP contribution is -2.63. The molecule has 3 N–H and O–H groups in total. The molecule has 0 bridgehead atoms. The molecular weight excluding hydrogens is 766 g/mol. The van der Waals surface area contributed by atoms with Gasteiger partial charge in [-0.15, -0.1) is 20.2 Å². The van der Waals surface area contributed by atoms with E-state index in [1.165, 1.54) is 12.1 Å². The summed E-state index contributed by atoms with van der Waals surface area (Å²) < 4.78 is 21.7. The molecular formula is C39H49N3O16. The lowest BCUT2D eigenvalue weighted by molar-refractivity contribution is -0.757. The Morgan fingerprint density at radius 3 is 2.34 bits per heavy atom. The lowest BCUT2D eigenvalue weighted by Gasteiger charge is -2.59. The van der Waals surface area contributed by atoms with Crippen molar-refractivity contribution in [2.24, 2.45) is 34.3 Å². The van der Waals surface area contributed by atoms with Gasteiger partial charge in [0.25, 0.3) is 10.2 Å². The normalized spacial score (nSPS) is 28.7. The van der Waals surface area contributed by atoms with E-state index in [9.17, 15) is 49.3 Å². The maximum atomic E-state index is 14.3. The summed E-state index contributed by atoms with van der Waals surface area (Å²) in [6, 6.07) is 4.98. The number of aliphatic hydroxyl groups excluding tert-OH is 1. The van der Waals surface area contributed by atoms with E-state index in [4.69, 9.17) is 24.7 Å². The second-order valence-electron chi connectivity index (χ2n) is 15.7. The largest absolute Gasteiger partial charge is 0.514 e. The zero-order chi connectivity index (χ0) is 42.3. The van der Waals surface area contributed by atoms with Gasteiger partial charge in [-0.3, -0.25) is 19.2 Å². The van der Waals surface area contributed by atoms with Crippen molar-refractivity contribution in [1.29, 1.82) is 0 Å². The molecule has 1 aromatic carbocycles. The van der Waals surface area contributed by atoms with Crippen LogP contribution in [0, 0.1) is 48.8 Å². The first kappa shape index (κ1) is 43.7. The zero-order valence-corrected chi connectivity index (χ0v) is 32.4. The van der Waals surface area contributed by atoms with Crippen molar-refractivity contribution in [3.8, 4) is 5.75 Å². The molecule has 0 radical (unpaired) electrons. The molecule has 19 nitrogen and oxygen atoms in total. The molecule has 0 heterocycles. The molecule has 1 aromatic rings. The van der Waals surface area contributed by atoms with Gasteiger partial charge in [0, 0.05) is 29.6 Å². The monoisotopic (exact) mass is 815 g/mol. The second-order valence-corrected chi connectivity index (χ2v) is 15.7. The third-order valence-electron chi connectivity index (χ3n) is 12.2. The number of ether oxygens (including phenoxy) is 4. The molecule has 2 saturated carbocycles. The molecule has 2 fully saturated rings. The number of hydrogen-bond donors (Lipinski definition) is 2. The van der Waals surface area contributed by atoms with Gasteiger partial charge >= 0.3 is 18.1 Å². The summed E-state index contributed by atoms with van der Waals surface area (Å²) in [6.07, 6.45) is 5.13. The number of carbonyl (C=O) groups is 5. The smallest absolute Gasteiger partial charge is 0.465 e. The van der Waals surface area contributed by atoms with E-state index in [1.54, 1.807) is 25.1 Å². The highest BCUT2D eigenvalue weighted by molar-refractivity contribution is 5.94. The van der Waals surface area contributed by atoms with Gasteiger partial charge in [0.05, 0.1) is 25.9 Å². The SMILES string of the molecule is C[C@]12C=CC(=O)CC1=CCC1C3CC[C@](OC(=O)CCCO[N+](=O)[O-])(C(=O)COC(=O)Oc4ccc(C[C@H](N)C(=O)OCCCCO[N+](=O)[O-])cc4)[C@@]3(C)C[C@H](O)[C@@H]12. The van der Waals surface area contributed by atoms with Crippen LogP contribution in [-0.4, -0.2) is 89.1 Å². The molecule has 4 aliphatic rings. The van der Waals surface area contributed by atoms with Crippen LogP contribution in [-0.2, 0) is 49.5 Å². The van der Waals surface area contributed by atoms with Gasteiger partial charge in [-0.2, -0.15) is 0 Å². The minimum atomic E-state index is -1.82. The summed E-state index contributed by atoms with van der Waals surface area (Å²) in [5, 5.41) is 30.8. The summed E-state index contributed by atoms with van der Waals surface area (Å²) in [6.45, 7) is 2.52. The fourth-order valence-corrected chi connectivity index (χ4v) is 9.53. The van der Waals surface area contributed by atoms with Crippen molar-refractivity contribution in [3.63, 3.8) is 0 Å². The minimum absolute atomic E-state index is 0.00996. The van der Waals surface area contributed by atoms with Gasteiger partial charge in [-0.05, 0) is 87.0 Å². The van der Waals surface area contributed by atoms with Crippen LogP contribution < -0.4 is 10.5 Å². The van der Waals surface area contributed by atoms with Gasteiger partial charge in [0.15, 0.2) is 18.0 Å². The quantitative estimate of drug-likeness (QED) is 0.0383. The molecule has 0 spiro atoms. The van der Waals surface area contributed by atoms with E-state index in [0.29, 0.717) is 31.2 Å². The molecule has 316 valence electrons.